The van der Waals surface area contributed by atoms with Crippen LogP contribution in [0.1, 0.15) is 47.0 Å². The monoisotopic (exact) mass is 360 g/mol. The first-order chi connectivity index (χ1) is 13.1. The Morgan fingerprint density at radius 3 is 2.44 bits per heavy atom. The number of amides is 1. The molecule has 1 aliphatic rings. The van der Waals surface area contributed by atoms with Crippen molar-refractivity contribution >= 4 is 22.7 Å². The molecule has 0 N–H and O–H groups in total. The van der Waals surface area contributed by atoms with Gasteiger partial charge in [-0.1, -0.05) is 0 Å². The van der Waals surface area contributed by atoms with Gasteiger partial charge in [-0.25, -0.2) is 4.98 Å². The average Bonchev–Trinajstić information content (AvgIpc) is 2.73. The number of fused-ring (bicyclic) bond motifs is 1. The van der Waals surface area contributed by atoms with Gasteiger partial charge in [-0.3, -0.25) is 19.6 Å². The molecule has 0 bridgehead atoms. The molecular formula is C21H20N4O2. The van der Waals surface area contributed by atoms with Crippen LogP contribution in [0.2, 0.25) is 0 Å². The van der Waals surface area contributed by atoms with Gasteiger partial charge >= 0.3 is 0 Å². The molecule has 4 rings (SSSR count). The summed E-state index contributed by atoms with van der Waals surface area (Å²) in [5.74, 6) is -0.0247. The average molecular weight is 360 g/mol. The molecule has 0 aliphatic carbocycles. The molecule has 3 aromatic rings. The highest BCUT2D eigenvalue weighted by molar-refractivity contribution is 5.97. The van der Waals surface area contributed by atoms with Crippen LogP contribution in [0.4, 0.5) is 0 Å². The molecule has 0 atom stereocenters. The lowest BCUT2D eigenvalue weighted by Crippen LogP contribution is -2.35. The smallest absolute Gasteiger partial charge is 0.253 e. The first-order valence-electron chi connectivity index (χ1n) is 9.15. The van der Waals surface area contributed by atoms with Gasteiger partial charge in [-0.2, -0.15) is 0 Å². The van der Waals surface area contributed by atoms with Gasteiger partial charge in [-0.05, 0) is 49.6 Å². The largest absolute Gasteiger partial charge is 0.339 e. The molecule has 1 amide bonds. The first kappa shape index (κ1) is 17.3. The molecule has 136 valence electrons. The number of ketones is 1. The molecule has 6 heteroatoms. The summed E-state index contributed by atoms with van der Waals surface area (Å²) in [6.45, 7) is 3.12. The number of carbonyl (C=O) groups is 2. The first-order valence-corrected chi connectivity index (χ1v) is 9.15. The Kier molecular flexibility index (Phi) is 4.62. The number of hydrogen-bond donors (Lipinski definition) is 0. The fourth-order valence-corrected chi connectivity index (χ4v) is 3.32. The quantitative estimate of drug-likeness (QED) is 0.668. The van der Waals surface area contributed by atoms with E-state index in [1.54, 1.807) is 24.5 Å². The van der Waals surface area contributed by atoms with Crippen LogP contribution in [0.5, 0.6) is 0 Å². The van der Waals surface area contributed by atoms with Gasteiger partial charge in [0.05, 0.1) is 22.9 Å². The van der Waals surface area contributed by atoms with Gasteiger partial charge in [0.1, 0.15) is 5.69 Å². The summed E-state index contributed by atoms with van der Waals surface area (Å²) < 4.78 is 0. The van der Waals surface area contributed by atoms with Crippen molar-refractivity contribution in [3.63, 3.8) is 0 Å². The predicted octanol–water partition coefficient (Wildman–Crippen LogP) is 3.52. The lowest BCUT2D eigenvalue weighted by Gasteiger charge is -2.26. The number of hydrogen-bond acceptors (Lipinski definition) is 5. The second-order valence-corrected chi connectivity index (χ2v) is 6.80. The summed E-state index contributed by atoms with van der Waals surface area (Å²) in [5, 5.41) is 0. The third kappa shape index (κ3) is 3.56. The van der Waals surface area contributed by atoms with Crippen molar-refractivity contribution < 1.29 is 9.59 Å². The molecule has 1 fully saturated rings. The second-order valence-electron chi connectivity index (χ2n) is 6.80. The van der Waals surface area contributed by atoms with Gasteiger partial charge in [0, 0.05) is 37.3 Å². The van der Waals surface area contributed by atoms with Crippen molar-refractivity contribution in [2.75, 3.05) is 13.1 Å². The summed E-state index contributed by atoms with van der Waals surface area (Å²) >= 11 is 0. The highest BCUT2D eigenvalue weighted by atomic mass is 16.2. The molecule has 3 heterocycles. The Morgan fingerprint density at radius 1 is 0.926 bits per heavy atom. The van der Waals surface area contributed by atoms with Crippen LogP contribution in [0.25, 0.3) is 22.3 Å². The van der Waals surface area contributed by atoms with E-state index in [1.165, 1.54) is 13.3 Å². The van der Waals surface area contributed by atoms with E-state index in [-0.39, 0.29) is 11.7 Å². The maximum atomic E-state index is 12.7. The van der Waals surface area contributed by atoms with E-state index in [0.29, 0.717) is 22.5 Å². The fourth-order valence-electron chi connectivity index (χ4n) is 3.32. The van der Waals surface area contributed by atoms with Gasteiger partial charge in [0.15, 0.2) is 5.78 Å². The van der Waals surface area contributed by atoms with E-state index in [9.17, 15) is 9.59 Å². The summed E-state index contributed by atoms with van der Waals surface area (Å²) in [4.78, 5) is 39.3. The molecule has 0 radical (unpaired) electrons. The summed E-state index contributed by atoms with van der Waals surface area (Å²) in [6, 6.07) is 8.94. The van der Waals surface area contributed by atoms with E-state index in [0.717, 1.165) is 37.0 Å². The molecule has 0 spiro atoms. The Balaban J connectivity index is 1.66. The van der Waals surface area contributed by atoms with Gasteiger partial charge in [0.2, 0.25) is 0 Å². The molecular weight excluding hydrogens is 340 g/mol. The molecule has 6 nitrogen and oxygen atoms in total. The Morgan fingerprint density at radius 2 is 1.74 bits per heavy atom. The van der Waals surface area contributed by atoms with Crippen LogP contribution in [0, 0.1) is 0 Å². The van der Waals surface area contributed by atoms with Crippen LogP contribution in [0.15, 0.2) is 42.7 Å². The minimum absolute atomic E-state index is 0.0521. The zero-order valence-electron chi connectivity index (χ0n) is 15.2. The standard InChI is InChI=1S/C21H20N4O2/c1-14(26)17-7-6-16(12-22-17)20-13-23-18-8-5-15(11-19(18)24-20)21(27)25-9-3-2-4-10-25/h5-8,11-13H,2-4,9-10H2,1H3. The van der Waals surface area contributed by atoms with Crippen LogP contribution >= 0.6 is 0 Å². The highest BCUT2D eigenvalue weighted by Crippen LogP contribution is 2.21. The van der Waals surface area contributed by atoms with Crippen molar-refractivity contribution in [3.05, 3.63) is 54.0 Å². The van der Waals surface area contributed by atoms with E-state index in [1.807, 2.05) is 23.1 Å². The van der Waals surface area contributed by atoms with Crippen LogP contribution in [0.3, 0.4) is 0 Å². The van der Waals surface area contributed by atoms with Crippen LogP contribution in [-0.4, -0.2) is 44.6 Å². The third-order valence-corrected chi connectivity index (χ3v) is 4.85. The maximum absolute atomic E-state index is 12.7. The minimum atomic E-state index is -0.0768. The zero-order valence-corrected chi connectivity index (χ0v) is 15.2. The Hall–Kier alpha value is -3.15. The number of likely N-dealkylation sites (tertiary alicyclic amines) is 1. The molecule has 27 heavy (non-hydrogen) atoms. The number of benzene rings is 1. The summed E-state index contributed by atoms with van der Waals surface area (Å²) in [6.07, 6.45) is 6.61. The topological polar surface area (TPSA) is 76.1 Å². The minimum Gasteiger partial charge on any atom is -0.339 e. The van der Waals surface area contributed by atoms with Crippen molar-refractivity contribution in [2.45, 2.75) is 26.2 Å². The number of pyridine rings is 1. The number of aromatic nitrogens is 3. The Labute approximate surface area is 157 Å². The van der Waals surface area contributed by atoms with Crippen molar-refractivity contribution in [1.29, 1.82) is 0 Å². The zero-order chi connectivity index (χ0) is 18.8. The molecule has 0 unspecified atom stereocenters. The number of piperidine rings is 1. The number of rotatable bonds is 3. The predicted molar refractivity (Wildman–Crippen MR) is 103 cm³/mol. The molecule has 1 aliphatic heterocycles. The van der Waals surface area contributed by atoms with Gasteiger partial charge in [-0.15, -0.1) is 0 Å². The Bertz CT molecular complexity index is 1010. The molecule has 0 saturated carbocycles. The summed E-state index contributed by atoms with van der Waals surface area (Å²) in [7, 11) is 0. The number of nitrogens with zero attached hydrogens (tertiary/aromatic N) is 4. The molecule has 1 aromatic carbocycles. The SMILES string of the molecule is CC(=O)c1ccc(-c2cnc3ccc(C(=O)N4CCCCC4)cc3n2)cn1. The van der Waals surface area contributed by atoms with Crippen molar-refractivity contribution in [1.82, 2.24) is 19.9 Å². The lowest BCUT2D eigenvalue weighted by atomic mass is 10.1. The van der Waals surface area contributed by atoms with Gasteiger partial charge in [0.25, 0.3) is 5.91 Å². The summed E-state index contributed by atoms with van der Waals surface area (Å²) in [5.41, 5.74) is 3.91. The lowest BCUT2D eigenvalue weighted by molar-refractivity contribution is 0.0724. The number of Topliss-reactive ketones (excluding diaryl/α,β-unsaturated/α-hetero) is 1. The van der Waals surface area contributed by atoms with E-state index >= 15 is 0 Å². The van der Waals surface area contributed by atoms with E-state index in [2.05, 4.69) is 15.0 Å². The van der Waals surface area contributed by atoms with Crippen molar-refractivity contribution in [2.24, 2.45) is 0 Å². The van der Waals surface area contributed by atoms with Crippen LogP contribution < -0.4 is 0 Å². The molecule has 2 aromatic heterocycles. The normalized spacial score (nSPS) is 14.3. The van der Waals surface area contributed by atoms with Crippen LogP contribution in [-0.2, 0) is 0 Å². The van der Waals surface area contributed by atoms with Gasteiger partial charge < -0.3 is 4.90 Å². The maximum Gasteiger partial charge on any atom is 0.253 e. The number of carbonyl (C=O) groups excluding carboxylic acids is 2. The highest BCUT2D eigenvalue weighted by Gasteiger charge is 2.18. The third-order valence-electron chi connectivity index (χ3n) is 4.85. The van der Waals surface area contributed by atoms with Crippen molar-refractivity contribution in [3.8, 4) is 11.3 Å². The second kappa shape index (κ2) is 7.23. The van der Waals surface area contributed by atoms with E-state index in [4.69, 9.17) is 0 Å². The molecule has 1 saturated heterocycles. The van der Waals surface area contributed by atoms with E-state index < -0.39 is 0 Å². The fraction of sp³-hybridized carbons (Fsp3) is 0.286.